The van der Waals surface area contributed by atoms with Crippen molar-refractivity contribution in [3.8, 4) is 0 Å². The van der Waals surface area contributed by atoms with E-state index in [4.69, 9.17) is 15.0 Å². The summed E-state index contributed by atoms with van der Waals surface area (Å²) in [6.07, 6.45) is -0.619. The Morgan fingerprint density at radius 2 is 2.18 bits per heavy atom. The van der Waals surface area contributed by atoms with Crippen LogP contribution in [0.2, 0.25) is 0 Å². The number of ether oxygens (including phenoxy) is 2. The quantitative estimate of drug-likeness (QED) is 0.329. The van der Waals surface area contributed by atoms with E-state index in [1.165, 1.54) is 13.8 Å². The lowest BCUT2D eigenvalue weighted by Crippen LogP contribution is -2.47. The molecule has 1 aliphatic heterocycles. The van der Waals surface area contributed by atoms with E-state index >= 15 is 0 Å². The lowest BCUT2D eigenvalue weighted by molar-refractivity contribution is -0.151. The molecule has 3 atom stereocenters. The van der Waals surface area contributed by atoms with Gasteiger partial charge in [-0.05, 0) is 5.53 Å². The molecule has 0 spiro atoms. The van der Waals surface area contributed by atoms with Gasteiger partial charge in [0.1, 0.15) is 6.10 Å². The molecule has 1 fully saturated rings. The molecule has 0 amide bonds. The molecule has 0 aromatic rings. The summed E-state index contributed by atoms with van der Waals surface area (Å²) in [6.45, 7) is 3.18. The lowest BCUT2D eigenvalue weighted by Gasteiger charge is -2.34. The first-order valence-corrected chi connectivity index (χ1v) is 5.89. The van der Waals surface area contributed by atoms with Crippen molar-refractivity contribution in [2.24, 2.45) is 5.11 Å². The summed E-state index contributed by atoms with van der Waals surface area (Å²) in [5.41, 5.74) is 8.43. The van der Waals surface area contributed by atoms with Gasteiger partial charge in [-0.25, -0.2) is 0 Å². The Morgan fingerprint density at radius 3 is 2.71 bits per heavy atom. The Kier molecular flexibility index (Phi) is 5.27. The topological polar surface area (TPSA) is 101 Å². The van der Waals surface area contributed by atoms with E-state index in [0.29, 0.717) is 6.61 Å². The highest BCUT2D eigenvalue weighted by molar-refractivity contribution is 8.14. The largest absolute Gasteiger partial charge is 0.461 e. The molecule has 0 aromatic heterocycles. The number of esters is 1. The Balaban J connectivity index is 2.81. The third kappa shape index (κ3) is 4.26. The van der Waals surface area contributed by atoms with Gasteiger partial charge in [0.2, 0.25) is 0 Å². The molecule has 1 heterocycles. The van der Waals surface area contributed by atoms with Crippen molar-refractivity contribution in [1.82, 2.24) is 0 Å². The summed E-state index contributed by atoms with van der Waals surface area (Å²) < 4.78 is 10.3. The van der Waals surface area contributed by atoms with Crippen LogP contribution in [0, 0.1) is 0 Å². The Bertz CT molecular complexity index is 356. The fourth-order valence-corrected chi connectivity index (χ4v) is 2.53. The Hall–Kier alpha value is -1.24. The zero-order valence-electron chi connectivity index (χ0n) is 9.53. The molecule has 0 bridgehead atoms. The van der Waals surface area contributed by atoms with Crippen LogP contribution < -0.4 is 0 Å². The zero-order valence-corrected chi connectivity index (χ0v) is 10.3. The molecule has 94 valence electrons. The second-order valence-corrected chi connectivity index (χ2v) is 4.95. The first-order chi connectivity index (χ1) is 8.04. The highest BCUT2D eigenvalue weighted by Gasteiger charge is 2.37. The molecule has 8 heteroatoms. The normalized spacial score (nSPS) is 28.0. The van der Waals surface area contributed by atoms with E-state index in [9.17, 15) is 9.59 Å². The van der Waals surface area contributed by atoms with Gasteiger partial charge in [0.25, 0.3) is 0 Å². The van der Waals surface area contributed by atoms with Gasteiger partial charge in [0, 0.05) is 18.8 Å². The third-order valence-corrected chi connectivity index (χ3v) is 3.17. The zero-order chi connectivity index (χ0) is 12.8. The predicted octanol–water partition coefficient (Wildman–Crippen LogP) is 1.28. The van der Waals surface area contributed by atoms with Gasteiger partial charge in [0.05, 0.1) is 24.5 Å². The number of carbonyl (C=O) groups excluding carboxylic acids is 2. The molecule has 0 aromatic carbocycles. The fraction of sp³-hybridized carbons (Fsp3) is 0.778. The minimum absolute atomic E-state index is 0.0997. The molecule has 0 N–H and O–H groups in total. The van der Waals surface area contributed by atoms with Crippen molar-refractivity contribution in [3.63, 3.8) is 0 Å². The van der Waals surface area contributed by atoms with E-state index in [0.717, 1.165) is 11.8 Å². The summed E-state index contributed by atoms with van der Waals surface area (Å²) in [5, 5.41) is 3.10. The molecule has 1 saturated heterocycles. The summed E-state index contributed by atoms with van der Waals surface area (Å²) in [6, 6.07) is -0.588. The van der Waals surface area contributed by atoms with Crippen LogP contribution in [0.15, 0.2) is 5.11 Å². The molecular weight excluding hydrogens is 246 g/mol. The van der Waals surface area contributed by atoms with Crippen LogP contribution in [0.3, 0.4) is 0 Å². The lowest BCUT2D eigenvalue weighted by atomic mass is 10.1. The number of hydrogen-bond donors (Lipinski definition) is 0. The Labute approximate surface area is 102 Å². The van der Waals surface area contributed by atoms with Crippen molar-refractivity contribution in [1.29, 1.82) is 0 Å². The third-order valence-electron chi connectivity index (χ3n) is 2.14. The number of thioether (sulfide) groups is 1. The Morgan fingerprint density at radius 1 is 1.47 bits per heavy atom. The maximum Gasteiger partial charge on any atom is 0.302 e. The van der Waals surface area contributed by atoms with Crippen molar-refractivity contribution in [3.05, 3.63) is 10.4 Å². The highest BCUT2D eigenvalue weighted by Crippen LogP contribution is 2.26. The minimum atomic E-state index is -0.619. The second kappa shape index (κ2) is 6.48. The van der Waals surface area contributed by atoms with E-state index in [1.54, 1.807) is 0 Å². The van der Waals surface area contributed by atoms with Crippen LogP contribution in [0.1, 0.15) is 13.8 Å². The molecule has 7 nitrogen and oxygen atoms in total. The summed E-state index contributed by atoms with van der Waals surface area (Å²) in [4.78, 5) is 24.8. The van der Waals surface area contributed by atoms with Crippen LogP contribution in [0.4, 0.5) is 0 Å². The average molecular weight is 259 g/mol. The monoisotopic (exact) mass is 259 g/mol. The minimum Gasteiger partial charge on any atom is -0.461 e. The van der Waals surface area contributed by atoms with Gasteiger partial charge < -0.3 is 9.47 Å². The van der Waals surface area contributed by atoms with Crippen LogP contribution in [-0.2, 0) is 19.1 Å². The predicted molar refractivity (Wildman–Crippen MR) is 61.4 cm³/mol. The van der Waals surface area contributed by atoms with E-state index in [1.807, 2.05) is 0 Å². The van der Waals surface area contributed by atoms with Gasteiger partial charge in [-0.1, -0.05) is 16.9 Å². The van der Waals surface area contributed by atoms with Crippen LogP contribution in [0.25, 0.3) is 10.4 Å². The standard InChI is InChI=1S/C9H13N3O4S/c1-5(13)16-9-7(11-12-10)3-15-4-8(9)17-6(2)14/h7-9H,3-4H2,1-2H3. The second-order valence-electron chi connectivity index (χ2n) is 3.53. The first kappa shape index (κ1) is 13.8. The smallest absolute Gasteiger partial charge is 0.302 e. The van der Waals surface area contributed by atoms with Crippen molar-refractivity contribution in [2.45, 2.75) is 31.2 Å². The number of hydrogen-bond acceptors (Lipinski definition) is 6. The fourth-order valence-electron chi connectivity index (χ4n) is 1.57. The molecule has 0 radical (unpaired) electrons. The van der Waals surface area contributed by atoms with Crippen molar-refractivity contribution < 1.29 is 19.1 Å². The molecule has 0 aliphatic carbocycles. The van der Waals surface area contributed by atoms with Gasteiger partial charge in [-0.3, -0.25) is 9.59 Å². The molecular formula is C9H13N3O4S. The summed E-state index contributed by atoms with van der Waals surface area (Å²) >= 11 is 1.03. The van der Waals surface area contributed by atoms with Crippen molar-refractivity contribution >= 4 is 22.8 Å². The average Bonchev–Trinajstić information content (AvgIpc) is 2.21. The van der Waals surface area contributed by atoms with Gasteiger partial charge in [-0.15, -0.1) is 0 Å². The molecule has 0 saturated carbocycles. The number of nitrogens with zero attached hydrogens (tertiary/aromatic N) is 3. The number of rotatable bonds is 3. The summed E-state index contributed by atoms with van der Waals surface area (Å²) in [7, 11) is 0. The maximum absolute atomic E-state index is 11.1. The van der Waals surface area contributed by atoms with E-state index < -0.39 is 18.1 Å². The van der Waals surface area contributed by atoms with Gasteiger partial charge in [0.15, 0.2) is 5.12 Å². The highest BCUT2D eigenvalue weighted by atomic mass is 32.2. The van der Waals surface area contributed by atoms with Crippen LogP contribution >= 0.6 is 11.8 Å². The van der Waals surface area contributed by atoms with Crippen LogP contribution in [0.5, 0.6) is 0 Å². The molecule has 1 rings (SSSR count). The molecule has 17 heavy (non-hydrogen) atoms. The van der Waals surface area contributed by atoms with Crippen LogP contribution in [-0.4, -0.2) is 41.7 Å². The van der Waals surface area contributed by atoms with E-state index in [2.05, 4.69) is 10.0 Å². The number of azide groups is 1. The molecule has 3 unspecified atom stereocenters. The summed E-state index contributed by atoms with van der Waals surface area (Å²) in [5.74, 6) is -0.468. The first-order valence-electron chi connectivity index (χ1n) is 5.01. The van der Waals surface area contributed by atoms with Gasteiger partial charge in [-0.2, -0.15) is 0 Å². The SMILES string of the molecule is CC(=O)OC1C(N=[N+]=[N-])COCC1SC(C)=O. The number of carbonyl (C=O) groups is 2. The van der Waals surface area contributed by atoms with Gasteiger partial charge >= 0.3 is 5.97 Å². The molecule has 1 aliphatic rings. The van der Waals surface area contributed by atoms with Crippen molar-refractivity contribution in [2.75, 3.05) is 13.2 Å². The van der Waals surface area contributed by atoms with E-state index in [-0.39, 0.29) is 17.0 Å². The maximum atomic E-state index is 11.1.